The Bertz CT molecular complexity index is 1260. The van der Waals surface area contributed by atoms with Crippen molar-refractivity contribution < 1.29 is 23.1 Å². The van der Waals surface area contributed by atoms with Crippen molar-refractivity contribution in [1.29, 1.82) is 0 Å². The first-order valence-corrected chi connectivity index (χ1v) is 12.0. The van der Waals surface area contributed by atoms with E-state index in [0.717, 1.165) is 12.8 Å². The summed E-state index contributed by atoms with van der Waals surface area (Å²) < 4.78 is 33.4. The lowest BCUT2D eigenvalue weighted by Crippen LogP contribution is -2.32. The summed E-state index contributed by atoms with van der Waals surface area (Å²) in [5, 5.41) is 12.2. The summed E-state index contributed by atoms with van der Waals surface area (Å²) in [6.45, 7) is 0.749. The number of halogens is 1. The number of ether oxygens (including phenoxy) is 1. The van der Waals surface area contributed by atoms with Crippen LogP contribution in [0.5, 0.6) is 5.75 Å². The highest BCUT2D eigenvalue weighted by molar-refractivity contribution is 7.89. The van der Waals surface area contributed by atoms with Crippen molar-refractivity contribution in [3.63, 3.8) is 0 Å². The summed E-state index contributed by atoms with van der Waals surface area (Å²) >= 11 is 6.11. The lowest BCUT2D eigenvalue weighted by Gasteiger charge is -2.13. The highest BCUT2D eigenvalue weighted by atomic mass is 35.5. The topological polar surface area (TPSA) is 131 Å². The van der Waals surface area contributed by atoms with Gasteiger partial charge in [0.15, 0.2) is 5.82 Å². The fourth-order valence-corrected chi connectivity index (χ4v) is 4.92. The Morgan fingerprint density at radius 2 is 1.97 bits per heavy atom. The maximum atomic E-state index is 12.7. The molecule has 172 valence electrons. The van der Waals surface area contributed by atoms with Crippen LogP contribution in [0.25, 0.3) is 11.4 Å². The van der Waals surface area contributed by atoms with Crippen LogP contribution in [0.3, 0.4) is 0 Å². The molecule has 4 rings (SSSR count). The van der Waals surface area contributed by atoms with Gasteiger partial charge in [-0.25, -0.2) is 23.1 Å². The number of nitrogens with zero attached hydrogens (tertiary/aromatic N) is 2. The second kappa shape index (κ2) is 9.84. The van der Waals surface area contributed by atoms with E-state index in [1.165, 1.54) is 42.7 Å². The smallest absolute Gasteiger partial charge is 0.255 e. The number of hydrogen-bond acceptors (Lipinski definition) is 7. The van der Waals surface area contributed by atoms with Crippen molar-refractivity contribution in [2.45, 2.75) is 23.8 Å². The van der Waals surface area contributed by atoms with Gasteiger partial charge < -0.3 is 15.2 Å². The molecule has 2 heterocycles. The third kappa shape index (κ3) is 5.66. The van der Waals surface area contributed by atoms with Crippen LogP contribution in [0.2, 0.25) is 5.02 Å². The number of phenolic OH excluding ortho intramolecular Hbond substituents is 1. The number of benzene rings is 2. The molecule has 0 spiro atoms. The number of amides is 1. The van der Waals surface area contributed by atoms with Gasteiger partial charge in [-0.3, -0.25) is 4.79 Å². The van der Waals surface area contributed by atoms with Crippen LogP contribution in [0.15, 0.2) is 59.8 Å². The number of aromatic hydroxyl groups is 1. The Morgan fingerprint density at radius 1 is 1.18 bits per heavy atom. The van der Waals surface area contributed by atoms with Gasteiger partial charge in [-0.05, 0) is 43.2 Å². The molecular weight excluding hydrogens is 468 g/mol. The van der Waals surface area contributed by atoms with E-state index in [-0.39, 0.29) is 33.9 Å². The Hall–Kier alpha value is -3.05. The van der Waals surface area contributed by atoms with Crippen molar-refractivity contribution in [1.82, 2.24) is 14.7 Å². The van der Waals surface area contributed by atoms with Gasteiger partial charge in [0, 0.05) is 24.3 Å². The quantitative estimate of drug-likeness (QED) is 0.465. The number of phenols is 1. The van der Waals surface area contributed by atoms with Gasteiger partial charge in [-0.1, -0.05) is 23.7 Å². The van der Waals surface area contributed by atoms with Crippen LogP contribution in [0, 0.1) is 0 Å². The van der Waals surface area contributed by atoms with Gasteiger partial charge in [0.05, 0.1) is 29.2 Å². The number of hydrogen-bond donors (Lipinski definition) is 3. The van der Waals surface area contributed by atoms with E-state index in [1.807, 2.05) is 0 Å². The zero-order chi connectivity index (χ0) is 23.4. The fraction of sp³-hybridized carbons (Fsp3) is 0.227. The first kappa shape index (κ1) is 23.1. The third-order valence-corrected chi connectivity index (χ3v) is 6.93. The average molecular weight is 489 g/mol. The highest BCUT2D eigenvalue weighted by Gasteiger charge is 2.23. The first-order valence-electron chi connectivity index (χ1n) is 10.2. The predicted octanol–water partition coefficient (Wildman–Crippen LogP) is 3.21. The number of nitrogens with one attached hydrogen (secondary N) is 2. The molecule has 9 nitrogen and oxygen atoms in total. The minimum atomic E-state index is -3.93. The van der Waals surface area contributed by atoms with Crippen LogP contribution in [0.1, 0.15) is 23.2 Å². The first-order chi connectivity index (χ1) is 15.8. The van der Waals surface area contributed by atoms with Crippen molar-refractivity contribution in [2.24, 2.45) is 0 Å². The molecule has 1 aromatic heterocycles. The molecule has 1 unspecified atom stereocenters. The van der Waals surface area contributed by atoms with Gasteiger partial charge in [0.2, 0.25) is 10.0 Å². The van der Waals surface area contributed by atoms with Crippen molar-refractivity contribution in [3.05, 3.63) is 65.4 Å². The second-order valence-corrected chi connectivity index (χ2v) is 9.57. The summed E-state index contributed by atoms with van der Waals surface area (Å²) in [5.41, 5.74) is 1.05. The van der Waals surface area contributed by atoms with Crippen LogP contribution in [-0.4, -0.2) is 48.7 Å². The zero-order valence-electron chi connectivity index (χ0n) is 17.4. The molecule has 2 aromatic carbocycles. The van der Waals surface area contributed by atoms with Gasteiger partial charge >= 0.3 is 0 Å². The van der Waals surface area contributed by atoms with E-state index in [4.69, 9.17) is 16.3 Å². The number of anilines is 1. The third-order valence-electron chi connectivity index (χ3n) is 5.02. The minimum Gasteiger partial charge on any atom is -0.508 e. The Labute approximate surface area is 195 Å². The number of rotatable bonds is 7. The zero-order valence-corrected chi connectivity index (χ0v) is 18.9. The highest BCUT2D eigenvalue weighted by Crippen LogP contribution is 2.24. The van der Waals surface area contributed by atoms with Crippen molar-refractivity contribution in [3.8, 4) is 17.1 Å². The summed E-state index contributed by atoms with van der Waals surface area (Å²) in [5.74, 6) is -0.0794. The Balaban J connectivity index is 1.47. The van der Waals surface area contributed by atoms with Crippen LogP contribution in [0.4, 0.5) is 5.69 Å². The number of carbonyl (C=O) groups is 1. The van der Waals surface area contributed by atoms with Crippen molar-refractivity contribution >= 4 is 33.2 Å². The molecule has 1 aliphatic rings. The van der Waals surface area contributed by atoms with Gasteiger partial charge in [0.1, 0.15) is 10.6 Å². The SMILES string of the molecule is O=C(Nc1cnc(-c2cccc(O)c2)nc1)c1ccc(Cl)c(S(=O)(=O)NCC2CCCO2)c1. The van der Waals surface area contributed by atoms with E-state index >= 15 is 0 Å². The molecule has 11 heteroatoms. The van der Waals surface area contributed by atoms with E-state index in [2.05, 4.69) is 20.0 Å². The maximum Gasteiger partial charge on any atom is 0.255 e. The number of aromatic nitrogens is 2. The lowest BCUT2D eigenvalue weighted by atomic mass is 10.2. The molecule has 1 saturated heterocycles. The molecule has 0 aliphatic carbocycles. The molecular formula is C22H21ClN4O5S. The summed E-state index contributed by atoms with van der Waals surface area (Å²) in [4.78, 5) is 20.9. The van der Waals surface area contributed by atoms with E-state index in [1.54, 1.807) is 12.1 Å². The summed E-state index contributed by atoms with van der Waals surface area (Å²) in [6, 6.07) is 10.5. The van der Waals surface area contributed by atoms with Crippen LogP contribution in [-0.2, 0) is 14.8 Å². The molecule has 1 atom stereocenters. The molecule has 33 heavy (non-hydrogen) atoms. The molecule has 1 fully saturated rings. The minimum absolute atomic E-state index is 0.00481. The molecule has 3 aromatic rings. The average Bonchev–Trinajstić information content (AvgIpc) is 3.32. The Kier molecular flexibility index (Phi) is 6.89. The largest absolute Gasteiger partial charge is 0.508 e. The summed E-state index contributed by atoms with van der Waals surface area (Å²) in [7, 11) is -3.93. The number of sulfonamides is 1. The van der Waals surface area contributed by atoms with E-state index in [9.17, 15) is 18.3 Å². The lowest BCUT2D eigenvalue weighted by molar-refractivity contribution is 0.102. The van der Waals surface area contributed by atoms with E-state index in [0.29, 0.717) is 23.7 Å². The molecule has 0 radical (unpaired) electrons. The standard InChI is InChI=1S/C22H21ClN4O5S/c23-19-7-6-15(10-20(19)33(30,31)26-13-18-5-2-8-32-18)22(29)27-16-11-24-21(25-12-16)14-3-1-4-17(28)9-14/h1,3-4,6-7,9-12,18,26,28H,2,5,8,13H2,(H,27,29). The van der Waals surface area contributed by atoms with Crippen LogP contribution < -0.4 is 10.0 Å². The summed E-state index contributed by atoms with van der Waals surface area (Å²) in [6.07, 6.45) is 4.33. The Morgan fingerprint density at radius 3 is 2.67 bits per heavy atom. The van der Waals surface area contributed by atoms with Crippen molar-refractivity contribution in [2.75, 3.05) is 18.5 Å². The van der Waals surface area contributed by atoms with Gasteiger partial charge in [0.25, 0.3) is 5.91 Å². The fourth-order valence-electron chi connectivity index (χ4n) is 3.33. The molecule has 1 aliphatic heterocycles. The molecule has 0 saturated carbocycles. The van der Waals surface area contributed by atoms with Crippen LogP contribution >= 0.6 is 11.6 Å². The monoisotopic (exact) mass is 488 g/mol. The van der Waals surface area contributed by atoms with Gasteiger partial charge in [-0.2, -0.15) is 0 Å². The maximum absolute atomic E-state index is 12.7. The molecule has 1 amide bonds. The van der Waals surface area contributed by atoms with Gasteiger partial charge in [-0.15, -0.1) is 0 Å². The van der Waals surface area contributed by atoms with E-state index < -0.39 is 15.9 Å². The second-order valence-electron chi connectivity index (χ2n) is 7.43. The predicted molar refractivity (Wildman–Crippen MR) is 123 cm³/mol. The normalized spacial score (nSPS) is 16.0. The molecule has 0 bridgehead atoms. The molecule has 3 N–H and O–H groups in total. The number of carbonyl (C=O) groups excluding carboxylic acids is 1.